The van der Waals surface area contributed by atoms with Crippen molar-refractivity contribution < 1.29 is 4.74 Å². The van der Waals surface area contributed by atoms with Crippen molar-refractivity contribution in [2.75, 3.05) is 39.8 Å². The molecule has 16 heavy (non-hydrogen) atoms. The summed E-state index contributed by atoms with van der Waals surface area (Å²) in [4.78, 5) is 2.60. The molecular formula is C13H26N2O. The van der Waals surface area contributed by atoms with E-state index >= 15 is 0 Å². The molecule has 1 saturated carbocycles. The smallest absolute Gasteiger partial charge is 0.0805 e. The largest absolute Gasteiger partial charge is 0.377 e. The van der Waals surface area contributed by atoms with Gasteiger partial charge in [-0.05, 0) is 51.2 Å². The maximum atomic E-state index is 5.69. The van der Waals surface area contributed by atoms with E-state index in [1.807, 2.05) is 7.11 Å². The van der Waals surface area contributed by atoms with Crippen molar-refractivity contribution in [2.45, 2.75) is 38.2 Å². The van der Waals surface area contributed by atoms with Gasteiger partial charge in [0.25, 0.3) is 0 Å². The van der Waals surface area contributed by atoms with Crippen LogP contribution >= 0.6 is 0 Å². The fourth-order valence-electron chi connectivity index (χ4n) is 2.98. The fourth-order valence-corrected chi connectivity index (χ4v) is 2.98. The zero-order valence-electron chi connectivity index (χ0n) is 10.8. The molecule has 1 aliphatic carbocycles. The summed E-state index contributed by atoms with van der Waals surface area (Å²) < 4.78 is 5.69. The molecule has 0 aromatic heterocycles. The van der Waals surface area contributed by atoms with Crippen molar-refractivity contribution in [3.63, 3.8) is 0 Å². The summed E-state index contributed by atoms with van der Waals surface area (Å²) in [6.45, 7) is 8.15. The first-order chi connectivity index (χ1) is 7.78. The quantitative estimate of drug-likeness (QED) is 0.742. The highest BCUT2D eigenvalue weighted by Gasteiger charge is 2.39. The molecule has 94 valence electrons. The van der Waals surface area contributed by atoms with E-state index < -0.39 is 0 Å². The first kappa shape index (κ1) is 12.3. The first-order valence-electron chi connectivity index (χ1n) is 6.76. The summed E-state index contributed by atoms with van der Waals surface area (Å²) >= 11 is 0. The third kappa shape index (κ3) is 2.76. The van der Waals surface area contributed by atoms with Gasteiger partial charge in [-0.2, -0.15) is 0 Å². The second-order valence-electron chi connectivity index (χ2n) is 5.44. The van der Waals surface area contributed by atoms with Crippen LogP contribution in [0.1, 0.15) is 32.6 Å². The van der Waals surface area contributed by atoms with Crippen molar-refractivity contribution in [1.29, 1.82) is 0 Å². The van der Waals surface area contributed by atoms with Gasteiger partial charge in [-0.1, -0.05) is 6.92 Å². The van der Waals surface area contributed by atoms with Gasteiger partial charge in [0.15, 0.2) is 0 Å². The van der Waals surface area contributed by atoms with Crippen LogP contribution in [0, 0.1) is 5.92 Å². The van der Waals surface area contributed by atoms with Crippen molar-refractivity contribution in [3.05, 3.63) is 0 Å². The maximum absolute atomic E-state index is 5.69. The minimum atomic E-state index is 0.215. The van der Waals surface area contributed by atoms with E-state index in [9.17, 15) is 0 Å². The molecule has 1 unspecified atom stereocenters. The highest BCUT2D eigenvalue weighted by Crippen LogP contribution is 2.36. The van der Waals surface area contributed by atoms with Gasteiger partial charge in [-0.3, -0.25) is 0 Å². The molecule has 1 aliphatic heterocycles. The average molecular weight is 226 g/mol. The predicted molar refractivity (Wildman–Crippen MR) is 66.7 cm³/mol. The molecule has 1 saturated heterocycles. The number of ether oxygens (including phenoxy) is 1. The van der Waals surface area contributed by atoms with Crippen LogP contribution in [-0.2, 0) is 4.74 Å². The number of methoxy groups -OCH3 is 1. The Morgan fingerprint density at radius 3 is 2.81 bits per heavy atom. The molecule has 0 amide bonds. The second-order valence-corrected chi connectivity index (χ2v) is 5.44. The molecule has 3 heteroatoms. The van der Waals surface area contributed by atoms with Crippen LogP contribution in [-0.4, -0.2) is 50.3 Å². The third-order valence-electron chi connectivity index (χ3n) is 4.26. The van der Waals surface area contributed by atoms with E-state index in [0.717, 1.165) is 19.0 Å². The molecule has 0 bridgehead atoms. The Morgan fingerprint density at radius 2 is 2.25 bits per heavy atom. The lowest BCUT2D eigenvalue weighted by Gasteiger charge is -2.43. The third-order valence-corrected chi connectivity index (χ3v) is 4.26. The summed E-state index contributed by atoms with van der Waals surface area (Å²) in [7, 11) is 1.88. The van der Waals surface area contributed by atoms with Gasteiger partial charge < -0.3 is 15.0 Å². The number of hydrogen-bond acceptors (Lipinski definition) is 3. The number of likely N-dealkylation sites (tertiary alicyclic amines) is 1. The molecule has 0 radical (unpaired) electrons. The van der Waals surface area contributed by atoms with E-state index in [1.54, 1.807) is 0 Å². The molecule has 1 atom stereocenters. The number of nitrogens with zero attached hydrogens (tertiary/aromatic N) is 1. The molecule has 0 spiro atoms. The van der Waals surface area contributed by atoms with Gasteiger partial charge in [0, 0.05) is 20.2 Å². The van der Waals surface area contributed by atoms with Crippen LogP contribution < -0.4 is 5.32 Å². The highest BCUT2D eigenvalue weighted by atomic mass is 16.5. The molecule has 1 heterocycles. The number of nitrogens with one attached hydrogen (secondary N) is 1. The van der Waals surface area contributed by atoms with Crippen molar-refractivity contribution >= 4 is 0 Å². The average Bonchev–Trinajstić information content (AvgIpc) is 2.68. The standard InChI is InChI=1S/C13H26N2O/c1-3-14-9-12-5-8-15(10-12)11-13(16-2)6-4-7-13/h12,14H,3-11H2,1-2H3. The van der Waals surface area contributed by atoms with Gasteiger partial charge in [-0.25, -0.2) is 0 Å². The van der Waals surface area contributed by atoms with Gasteiger partial charge in [0.05, 0.1) is 5.60 Å². The van der Waals surface area contributed by atoms with E-state index in [4.69, 9.17) is 4.74 Å². The lowest BCUT2D eigenvalue weighted by molar-refractivity contribution is -0.0887. The van der Waals surface area contributed by atoms with Gasteiger partial charge in [-0.15, -0.1) is 0 Å². The Balaban J connectivity index is 1.72. The zero-order chi connectivity index (χ0) is 11.4. The number of hydrogen-bond donors (Lipinski definition) is 1. The lowest BCUT2D eigenvalue weighted by atomic mass is 9.79. The monoisotopic (exact) mass is 226 g/mol. The molecule has 3 nitrogen and oxygen atoms in total. The van der Waals surface area contributed by atoms with Crippen molar-refractivity contribution in [2.24, 2.45) is 5.92 Å². The predicted octanol–water partition coefficient (Wildman–Crippen LogP) is 1.49. The summed E-state index contributed by atoms with van der Waals surface area (Å²) in [6, 6.07) is 0. The van der Waals surface area contributed by atoms with Crippen LogP contribution in [0.4, 0.5) is 0 Å². The zero-order valence-corrected chi connectivity index (χ0v) is 10.8. The minimum absolute atomic E-state index is 0.215. The SMILES string of the molecule is CCNCC1CCN(CC2(OC)CCC2)C1. The Hall–Kier alpha value is -0.120. The summed E-state index contributed by atoms with van der Waals surface area (Å²) in [5.41, 5.74) is 0.215. The van der Waals surface area contributed by atoms with Crippen molar-refractivity contribution in [1.82, 2.24) is 10.2 Å². The van der Waals surface area contributed by atoms with Gasteiger partial charge in [0.2, 0.25) is 0 Å². The summed E-state index contributed by atoms with van der Waals surface area (Å²) in [6.07, 6.45) is 5.23. The van der Waals surface area contributed by atoms with E-state index in [-0.39, 0.29) is 5.60 Å². The topological polar surface area (TPSA) is 24.5 Å². The molecule has 2 rings (SSSR count). The van der Waals surface area contributed by atoms with Crippen LogP contribution in [0.15, 0.2) is 0 Å². The normalized spacial score (nSPS) is 29.2. The van der Waals surface area contributed by atoms with Crippen LogP contribution in [0.25, 0.3) is 0 Å². The molecule has 2 fully saturated rings. The van der Waals surface area contributed by atoms with Crippen LogP contribution in [0.3, 0.4) is 0 Å². The maximum Gasteiger partial charge on any atom is 0.0805 e. The Labute approximate surface area is 99.5 Å². The Bertz CT molecular complexity index is 210. The molecule has 2 aliphatic rings. The highest BCUT2D eigenvalue weighted by molar-refractivity contribution is 4.94. The first-order valence-corrected chi connectivity index (χ1v) is 6.76. The fraction of sp³-hybridized carbons (Fsp3) is 1.00. The van der Waals surface area contributed by atoms with Crippen LogP contribution in [0.2, 0.25) is 0 Å². The van der Waals surface area contributed by atoms with E-state index in [1.165, 1.54) is 45.3 Å². The van der Waals surface area contributed by atoms with Crippen molar-refractivity contribution in [3.8, 4) is 0 Å². The summed E-state index contributed by atoms with van der Waals surface area (Å²) in [5.74, 6) is 0.855. The minimum Gasteiger partial charge on any atom is -0.377 e. The summed E-state index contributed by atoms with van der Waals surface area (Å²) in [5, 5.41) is 3.46. The molecule has 0 aromatic rings. The van der Waals surface area contributed by atoms with E-state index in [0.29, 0.717) is 0 Å². The van der Waals surface area contributed by atoms with Gasteiger partial charge >= 0.3 is 0 Å². The molecular weight excluding hydrogens is 200 g/mol. The van der Waals surface area contributed by atoms with E-state index in [2.05, 4.69) is 17.1 Å². The second kappa shape index (κ2) is 5.48. The molecule has 0 aromatic carbocycles. The molecule has 1 N–H and O–H groups in total. The van der Waals surface area contributed by atoms with Crippen LogP contribution in [0.5, 0.6) is 0 Å². The number of rotatable bonds is 6. The van der Waals surface area contributed by atoms with Gasteiger partial charge in [0.1, 0.15) is 0 Å². The Kier molecular flexibility index (Phi) is 4.22. The Morgan fingerprint density at radius 1 is 1.44 bits per heavy atom. The lowest BCUT2D eigenvalue weighted by Crippen LogP contribution is -2.49.